The molecule has 16 atom stereocenters. The predicted molar refractivity (Wildman–Crippen MR) is 171 cm³/mol. The smallest absolute Gasteiger partial charge is 0.228 e. The van der Waals surface area contributed by atoms with Gasteiger partial charge in [0.25, 0.3) is 0 Å². The van der Waals surface area contributed by atoms with Crippen LogP contribution in [0.5, 0.6) is 28.7 Å². The fourth-order valence-corrected chi connectivity index (χ4v) is 6.34. The highest BCUT2D eigenvalue weighted by atomic mass is 16.7. The largest absolute Gasteiger partial charge is 0.508 e. The molecule has 21 nitrogen and oxygen atoms in total. The number of phenolic OH excluding ortho intramolecular Hbond substituents is 4. The Balaban J connectivity index is 1.15. The van der Waals surface area contributed by atoms with E-state index in [9.17, 15) is 71.5 Å². The van der Waals surface area contributed by atoms with Crippen LogP contribution in [0.3, 0.4) is 0 Å². The van der Waals surface area contributed by atoms with Gasteiger partial charge in [0.2, 0.25) is 6.29 Å². The number of phenols is 4. The van der Waals surface area contributed by atoms with Crippen molar-refractivity contribution in [2.24, 2.45) is 0 Å². The van der Waals surface area contributed by atoms with Crippen LogP contribution in [0.4, 0.5) is 0 Å². The van der Waals surface area contributed by atoms with Crippen LogP contribution in [-0.2, 0) is 28.4 Å². The van der Waals surface area contributed by atoms with Crippen LogP contribution in [0, 0.1) is 0 Å². The van der Waals surface area contributed by atoms with Crippen molar-refractivity contribution >= 4 is 6.08 Å². The lowest BCUT2D eigenvalue weighted by molar-refractivity contribution is -0.341. The van der Waals surface area contributed by atoms with Crippen LogP contribution in [0.2, 0.25) is 0 Å². The Morgan fingerprint density at radius 2 is 1.06 bits per heavy atom. The first-order valence-electron chi connectivity index (χ1n) is 16.6. The maximum absolute atomic E-state index is 10.9. The van der Waals surface area contributed by atoms with Gasteiger partial charge in [-0.25, -0.2) is 0 Å². The molecule has 2 aromatic rings. The number of aromatic hydroxyl groups is 4. The maximum atomic E-state index is 10.9. The summed E-state index contributed by atoms with van der Waals surface area (Å²) in [4.78, 5) is 0. The first kappa shape index (κ1) is 40.1. The molecule has 1 unspecified atom stereocenters. The molecule has 0 saturated carbocycles. The van der Waals surface area contributed by atoms with Crippen molar-refractivity contribution in [1.82, 2.24) is 0 Å². The number of hydrogen-bond acceptors (Lipinski definition) is 21. The van der Waals surface area contributed by atoms with Gasteiger partial charge in [0.05, 0.1) is 25.4 Å². The second kappa shape index (κ2) is 16.2. The summed E-state index contributed by atoms with van der Waals surface area (Å²) in [5.74, 6) is -1.95. The molecule has 54 heavy (non-hydrogen) atoms. The molecule has 0 bridgehead atoms. The lowest BCUT2D eigenvalue weighted by Gasteiger charge is -2.44. The van der Waals surface area contributed by atoms with E-state index < -0.39 is 135 Å². The summed E-state index contributed by atoms with van der Waals surface area (Å²) in [6.45, 7) is -2.09. The Morgan fingerprint density at radius 1 is 0.537 bits per heavy atom. The number of fused-ring (bicyclic) bond motifs is 1. The molecule has 0 aromatic heterocycles. The van der Waals surface area contributed by atoms with Crippen molar-refractivity contribution in [3.05, 3.63) is 47.2 Å². The van der Waals surface area contributed by atoms with Crippen molar-refractivity contribution < 1.29 is 105 Å². The molecule has 300 valence electrons. The van der Waals surface area contributed by atoms with E-state index in [4.69, 9.17) is 33.2 Å². The molecule has 0 radical (unpaired) electrons. The van der Waals surface area contributed by atoms with Gasteiger partial charge in [-0.3, -0.25) is 0 Å². The van der Waals surface area contributed by atoms with Gasteiger partial charge in [0, 0.05) is 17.7 Å². The highest BCUT2D eigenvalue weighted by Gasteiger charge is 2.50. The molecule has 2 aromatic carbocycles. The minimum atomic E-state index is -1.93. The Hall–Kier alpha value is -3.62. The minimum Gasteiger partial charge on any atom is -0.508 e. The Bertz CT molecular complexity index is 1640. The molecular weight excluding hydrogens is 732 g/mol. The van der Waals surface area contributed by atoms with Crippen molar-refractivity contribution in [1.29, 1.82) is 0 Å². The molecule has 4 aliphatic rings. The zero-order chi connectivity index (χ0) is 39.2. The fraction of sp³-hybridized carbons (Fsp3) is 0.576. The molecule has 14 N–H and O–H groups in total. The van der Waals surface area contributed by atoms with E-state index in [1.165, 1.54) is 18.2 Å². The van der Waals surface area contributed by atoms with Crippen molar-refractivity contribution in [3.8, 4) is 28.7 Å². The van der Waals surface area contributed by atoms with Crippen molar-refractivity contribution in [2.45, 2.75) is 98.2 Å². The van der Waals surface area contributed by atoms with Crippen LogP contribution >= 0.6 is 0 Å². The van der Waals surface area contributed by atoms with Gasteiger partial charge in [-0.05, 0) is 18.2 Å². The first-order valence-corrected chi connectivity index (χ1v) is 16.6. The molecule has 0 amide bonds. The number of benzene rings is 2. The van der Waals surface area contributed by atoms with Crippen LogP contribution < -0.4 is 4.74 Å². The van der Waals surface area contributed by atoms with E-state index in [-0.39, 0.29) is 28.4 Å². The Morgan fingerprint density at radius 3 is 1.61 bits per heavy atom. The lowest BCUT2D eigenvalue weighted by atomic mass is 9.97. The second-order valence-electron chi connectivity index (χ2n) is 13.2. The zero-order valence-electron chi connectivity index (χ0n) is 27.9. The van der Waals surface area contributed by atoms with Crippen LogP contribution in [0.25, 0.3) is 6.08 Å². The summed E-state index contributed by atoms with van der Waals surface area (Å²) in [7, 11) is 0. The fourth-order valence-electron chi connectivity index (χ4n) is 6.34. The number of aliphatic hydroxyl groups is 10. The summed E-state index contributed by atoms with van der Waals surface area (Å²) in [5.41, 5.74) is 0.215. The monoisotopic (exact) mass is 774 g/mol. The van der Waals surface area contributed by atoms with Gasteiger partial charge in [0.1, 0.15) is 96.3 Å². The highest BCUT2D eigenvalue weighted by Crippen LogP contribution is 2.45. The van der Waals surface area contributed by atoms with Gasteiger partial charge in [-0.2, -0.15) is 0 Å². The number of rotatable bonds is 10. The Kier molecular flexibility index (Phi) is 12.0. The van der Waals surface area contributed by atoms with E-state index in [0.29, 0.717) is 0 Å². The average Bonchev–Trinajstić information content (AvgIpc) is 3.14. The molecule has 4 aliphatic heterocycles. The molecule has 0 spiro atoms. The number of hydrogen-bond donors (Lipinski definition) is 14. The van der Waals surface area contributed by atoms with Crippen molar-refractivity contribution in [2.75, 3.05) is 19.8 Å². The Labute approximate surface area is 304 Å². The van der Waals surface area contributed by atoms with E-state index >= 15 is 0 Å². The van der Waals surface area contributed by atoms with Crippen LogP contribution in [0.1, 0.15) is 17.2 Å². The van der Waals surface area contributed by atoms with Gasteiger partial charge in [0.15, 0.2) is 30.2 Å². The SMILES string of the molecule is OC[C@H]1O[C@@H](OC[C@H]2O[C@@H](OC[C@H]3O[C@@H](OC4=Cc5c(O)cc(O)cc5OC4c4ccc(O)c(O)c4)[C@H](O)[C@@H](O)[C@@H]3O)[C@H](O)[C@@H](O)[C@@H]2O)[C@H](O)[C@@H](O)[C@@H]1O. The normalized spacial score (nSPS) is 39.6. The van der Waals surface area contributed by atoms with Gasteiger partial charge in [-0.1, -0.05) is 6.07 Å². The van der Waals surface area contributed by atoms with E-state index in [1.807, 2.05) is 0 Å². The van der Waals surface area contributed by atoms with Gasteiger partial charge < -0.3 is 105 Å². The third-order valence-corrected chi connectivity index (χ3v) is 9.48. The standard InChI is InChI=1S/C33H42O21/c34-7-18-21(39)24(42)27(45)31(52-18)48-8-19-22(40)25(43)28(46)32(53-19)49-9-20-23(41)26(44)29(47)33(54-20)51-17-6-12-14(37)4-11(35)5-16(12)50-30(17)10-1-2-13(36)15(38)3-10/h1-6,18-47H,7-9H2/t18-,19-,20-,21-,22-,23-,24+,25+,26+,27-,28-,29-,30?,31-,32-,33-/m1/s1. The van der Waals surface area contributed by atoms with Crippen LogP contribution in [-0.4, -0.2) is 183 Å². The van der Waals surface area contributed by atoms with Gasteiger partial charge >= 0.3 is 0 Å². The molecule has 3 fully saturated rings. The highest BCUT2D eigenvalue weighted by molar-refractivity contribution is 5.69. The average molecular weight is 775 g/mol. The topological polar surface area (TPSA) is 348 Å². The summed E-state index contributed by atoms with van der Waals surface area (Å²) >= 11 is 0. The van der Waals surface area contributed by atoms with E-state index in [0.717, 1.165) is 18.2 Å². The predicted octanol–water partition coefficient (Wildman–Crippen LogP) is -4.55. The first-order chi connectivity index (χ1) is 25.6. The number of aliphatic hydroxyl groups excluding tert-OH is 10. The quantitative estimate of drug-likeness (QED) is 0.101. The molecule has 0 aliphatic carbocycles. The minimum absolute atomic E-state index is 0.0144. The summed E-state index contributed by atoms with van der Waals surface area (Å²) < 4.78 is 39.4. The van der Waals surface area contributed by atoms with Crippen molar-refractivity contribution in [3.63, 3.8) is 0 Å². The third-order valence-electron chi connectivity index (χ3n) is 9.48. The molecule has 21 heteroatoms. The summed E-state index contributed by atoms with van der Waals surface area (Å²) in [6, 6.07) is 5.87. The van der Waals surface area contributed by atoms with Crippen LogP contribution in [0.15, 0.2) is 36.1 Å². The third kappa shape index (κ3) is 7.88. The van der Waals surface area contributed by atoms with E-state index in [1.54, 1.807) is 0 Å². The summed E-state index contributed by atoms with van der Waals surface area (Å²) in [6.07, 6.45) is -26.0. The van der Waals surface area contributed by atoms with E-state index in [2.05, 4.69) is 0 Å². The number of ether oxygens (including phenoxy) is 7. The van der Waals surface area contributed by atoms with Gasteiger partial charge in [-0.15, -0.1) is 0 Å². The maximum Gasteiger partial charge on any atom is 0.228 e. The molecule has 4 heterocycles. The molecule has 6 rings (SSSR count). The lowest BCUT2D eigenvalue weighted by Crippen LogP contribution is -2.62. The zero-order valence-corrected chi connectivity index (χ0v) is 27.9. The molecule has 3 saturated heterocycles. The molecular formula is C33H42O21. The second-order valence-corrected chi connectivity index (χ2v) is 13.2. The summed E-state index contributed by atoms with van der Waals surface area (Å²) in [5, 5.41) is 144.